The lowest BCUT2D eigenvalue weighted by atomic mass is 9.33. The van der Waals surface area contributed by atoms with Crippen LogP contribution in [0, 0.1) is 32.5 Å². The van der Waals surface area contributed by atoms with Crippen LogP contribution in [0.3, 0.4) is 0 Å². The summed E-state index contributed by atoms with van der Waals surface area (Å²) in [5.74, 6) is 0. The minimum absolute atomic E-state index is 0.0246. The highest BCUT2D eigenvalue weighted by molar-refractivity contribution is 7.00. The molecule has 0 amide bonds. The first-order valence-corrected chi connectivity index (χ1v) is 43.1. The number of hydrogen-bond donors (Lipinski definition) is 0. The minimum Gasteiger partial charge on any atom is -0.310 e. The van der Waals surface area contributed by atoms with Gasteiger partial charge in [-0.15, -0.1) is 0 Å². The number of para-hydroxylation sites is 4. The predicted octanol–water partition coefficient (Wildman–Crippen LogP) is 29.5. The Labute approximate surface area is 698 Å². The molecule has 2 aliphatic rings. The fourth-order valence-electron chi connectivity index (χ4n) is 19.6. The lowest BCUT2D eigenvalue weighted by Gasteiger charge is -2.46. The second-order valence-corrected chi connectivity index (χ2v) is 42.8. The molecule has 5 heteroatoms. The maximum atomic E-state index is 2.82. The van der Waals surface area contributed by atoms with Crippen LogP contribution in [0.5, 0.6) is 0 Å². The Bertz CT molecular complexity index is 5750. The Morgan fingerprint density at radius 1 is 0.239 bits per heavy atom. The molecule has 590 valence electrons. The third-order valence-electron chi connectivity index (χ3n) is 23.7. The zero-order chi connectivity index (χ0) is 82.4. The quantitative estimate of drug-likeness (QED) is 0.101. The van der Waals surface area contributed by atoms with Crippen molar-refractivity contribution in [1.82, 2.24) is 9.13 Å². The van der Waals surface area contributed by atoms with Crippen LogP contribution in [-0.4, -0.2) is 15.8 Å². The van der Waals surface area contributed by atoms with Crippen molar-refractivity contribution in [1.29, 1.82) is 0 Å². The molecule has 13 aromatic carbocycles. The molecule has 0 spiro atoms. The number of nitrogens with zero attached hydrogens (tertiary/aromatic N) is 4. The molecule has 4 heterocycles. The predicted molar refractivity (Wildman–Crippen MR) is 509 cm³/mol. The largest absolute Gasteiger partial charge is 0.310 e. The van der Waals surface area contributed by atoms with Gasteiger partial charge in [-0.1, -0.05) is 327 Å². The van der Waals surface area contributed by atoms with Crippen molar-refractivity contribution in [2.45, 2.75) is 189 Å². The molecule has 17 rings (SSSR count). The molecule has 0 bridgehead atoms. The van der Waals surface area contributed by atoms with Crippen LogP contribution < -0.4 is 26.2 Å². The van der Waals surface area contributed by atoms with E-state index in [1.165, 1.54) is 166 Å². The SMILES string of the molecule is CC(C)(C)Cc1cccc(-c2cc(CC(C)(C)C)cc(-c3cccc(CC(C)(C)C)c3)c2N2c3cc(-n4c5ccccc5c5ccccc54)ccc3B3c4ccc(-n5c6ccccc6c6ccccc65)cc4N(c4c(-c5cccc(CC(C)(C)C)c5)cc(CC(C)(C)C)cc4-c4cccc(CC(C)(C)C)c4)c4cc(C(C)(C)C)cc2c43)c1. The van der Waals surface area contributed by atoms with Gasteiger partial charge in [0.15, 0.2) is 0 Å². The third-order valence-corrected chi connectivity index (χ3v) is 23.7. The van der Waals surface area contributed by atoms with E-state index >= 15 is 0 Å². The molecular weight excluding hydrogens is 1410 g/mol. The summed E-state index contributed by atoms with van der Waals surface area (Å²) in [7, 11) is 0. The molecule has 2 aromatic heterocycles. The zero-order valence-electron chi connectivity index (χ0n) is 73.5. The van der Waals surface area contributed by atoms with Gasteiger partial charge in [0.1, 0.15) is 0 Å². The van der Waals surface area contributed by atoms with Gasteiger partial charge in [0.25, 0.3) is 6.71 Å². The van der Waals surface area contributed by atoms with Crippen LogP contribution in [0.15, 0.2) is 267 Å². The fourth-order valence-corrected chi connectivity index (χ4v) is 19.6. The lowest BCUT2D eigenvalue weighted by molar-refractivity contribution is 0.410. The van der Waals surface area contributed by atoms with E-state index in [-0.39, 0.29) is 44.6 Å². The summed E-state index contributed by atoms with van der Waals surface area (Å²) in [5, 5.41) is 4.96. The Morgan fingerprint density at radius 2 is 0.504 bits per heavy atom. The molecule has 0 fully saturated rings. The summed E-state index contributed by atoms with van der Waals surface area (Å²) in [6, 6.07) is 106. The summed E-state index contributed by atoms with van der Waals surface area (Å²) in [5.41, 5.74) is 36.6. The molecule has 0 unspecified atom stereocenters. The van der Waals surface area contributed by atoms with Gasteiger partial charge in [0, 0.05) is 77.9 Å². The van der Waals surface area contributed by atoms with Gasteiger partial charge >= 0.3 is 0 Å². The Morgan fingerprint density at radius 3 is 0.769 bits per heavy atom. The van der Waals surface area contributed by atoms with E-state index < -0.39 is 0 Å². The summed E-state index contributed by atoms with van der Waals surface area (Å²) in [6.07, 6.45) is 5.53. The molecule has 4 nitrogen and oxygen atoms in total. The number of rotatable bonds is 14. The standard InChI is InChI=1S/C112H119BN4/c1-106(2,3)66-72-34-30-38-78(54-72)89-58-76(70-110(13,14)15)59-90(79-39-31-35-73(55-79)67-107(4,5)6)104(89)116-99-64-83(114-95-46-26-22-42-85(95)86-43-23-27-47-96(86)114)50-52-93(99)113-94-53-51-84(115-97-48-28-24-44-87(97)88-45-25-29-49-98(88)115)65-100(94)117(102-63-82(112(19,20)21)62-101(116)103(102)113)105-91(80-40-32-36-74(56-80)68-108(7,8)9)60-77(71-111(16,17)18)61-92(105)81-41-33-37-75(57-81)69-109(10,11)12/h22-65H,66-71H2,1-21H3. The van der Waals surface area contributed by atoms with Crippen molar-refractivity contribution in [2.75, 3.05) is 9.80 Å². The number of anilines is 6. The van der Waals surface area contributed by atoms with Crippen molar-refractivity contribution in [3.63, 3.8) is 0 Å². The second kappa shape index (κ2) is 29.0. The smallest absolute Gasteiger partial charge is 0.252 e. The fraction of sp³-hybridized carbons (Fsp3) is 0.304. The molecule has 0 saturated carbocycles. The van der Waals surface area contributed by atoms with Crippen LogP contribution >= 0.6 is 0 Å². The number of hydrogen-bond acceptors (Lipinski definition) is 2. The van der Waals surface area contributed by atoms with Crippen LogP contribution in [0.4, 0.5) is 34.1 Å². The van der Waals surface area contributed by atoms with Crippen molar-refractivity contribution in [3.05, 3.63) is 306 Å². The normalized spacial score (nSPS) is 13.5. The van der Waals surface area contributed by atoms with Gasteiger partial charge in [0.2, 0.25) is 0 Å². The highest BCUT2D eigenvalue weighted by Crippen LogP contribution is 2.56. The van der Waals surface area contributed by atoms with Crippen molar-refractivity contribution in [2.24, 2.45) is 32.5 Å². The van der Waals surface area contributed by atoms with E-state index in [0.29, 0.717) is 0 Å². The Balaban J connectivity index is 1.08. The van der Waals surface area contributed by atoms with Crippen molar-refractivity contribution < 1.29 is 0 Å². The third kappa shape index (κ3) is 15.7. The summed E-state index contributed by atoms with van der Waals surface area (Å²) >= 11 is 0. The number of aromatic nitrogens is 2. The summed E-state index contributed by atoms with van der Waals surface area (Å²) in [6.45, 7) is 50.1. The first-order chi connectivity index (χ1) is 55.3. The van der Waals surface area contributed by atoms with Gasteiger partial charge in [-0.05, 0) is 239 Å². The van der Waals surface area contributed by atoms with Crippen LogP contribution in [0.25, 0.3) is 99.5 Å². The van der Waals surface area contributed by atoms with E-state index in [2.05, 4.69) is 431 Å². The van der Waals surface area contributed by atoms with E-state index in [1.54, 1.807) is 0 Å². The van der Waals surface area contributed by atoms with E-state index in [9.17, 15) is 0 Å². The summed E-state index contributed by atoms with van der Waals surface area (Å²) in [4.78, 5) is 5.65. The molecule has 15 aromatic rings. The van der Waals surface area contributed by atoms with Crippen molar-refractivity contribution in [3.8, 4) is 55.9 Å². The van der Waals surface area contributed by atoms with Gasteiger partial charge in [-0.2, -0.15) is 0 Å². The number of benzene rings is 13. The monoisotopic (exact) mass is 1530 g/mol. The van der Waals surface area contributed by atoms with E-state index in [4.69, 9.17) is 0 Å². The van der Waals surface area contributed by atoms with Gasteiger partial charge in [-0.3, -0.25) is 0 Å². The Hall–Kier alpha value is -10.9. The molecule has 0 radical (unpaired) electrons. The highest BCUT2D eigenvalue weighted by atomic mass is 15.2. The van der Waals surface area contributed by atoms with Gasteiger partial charge in [-0.25, -0.2) is 0 Å². The van der Waals surface area contributed by atoms with Gasteiger partial charge < -0.3 is 18.9 Å². The molecule has 0 aliphatic carbocycles. The van der Waals surface area contributed by atoms with E-state index in [1.807, 2.05) is 0 Å². The first kappa shape index (κ1) is 78.6. The average molecular weight is 1530 g/mol. The van der Waals surface area contributed by atoms with Crippen LogP contribution in [0.2, 0.25) is 0 Å². The average Bonchev–Trinajstić information content (AvgIpc) is 1.01. The molecule has 0 atom stereocenters. The maximum absolute atomic E-state index is 2.82. The molecular formula is C112H119BN4. The minimum atomic E-state index is -0.357. The number of fused-ring (bicyclic) bond motifs is 10. The Kier molecular flexibility index (Phi) is 19.5. The topological polar surface area (TPSA) is 16.3 Å². The highest BCUT2D eigenvalue weighted by Gasteiger charge is 2.47. The zero-order valence-corrected chi connectivity index (χ0v) is 73.5. The lowest BCUT2D eigenvalue weighted by Crippen LogP contribution is -2.61. The maximum Gasteiger partial charge on any atom is 0.252 e. The van der Waals surface area contributed by atoms with Crippen LogP contribution in [-0.2, 0) is 43.9 Å². The van der Waals surface area contributed by atoms with Crippen LogP contribution in [0.1, 0.15) is 184 Å². The molecule has 117 heavy (non-hydrogen) atoms. The molecule has 0 N–H and O–H groups in total. The van der Waals surface area contributed by atoms with Gasteiger partial charge in [0.05, 0.1) is 33.4 Å². The molecule has 2 aliphatic heterocycles. The van der Waals surface area contributed by atoms with E-state index in [0.717, 1.165) is 61.3 Å². The first-order valence-electron chi connectivity index (χ1n) is 43.1. The summed E-state index contributed by atoms with van der Waals surface area (Å²) < 4.78 is 5.09. The van der Waals surface area contributed by atoms with Crippen molar-refractivity contribution >= 4 is 101 Å². The molecule has 0 saturated heterocycles. The second-order valence-electron chi connectivity index (χ2n) is 42.8.